The molecule has 1 heterocycles. The fraction of sp³-hybridized carbons (Fsp3) is 0.227. The lowest BCUT2D eigenvalue weighted by atomic mass is 10.2. The molecule has 0 saturated heterocycles. The molecule has 0 spiro atoms. The Morgan fingerprint density at radius 2 is 1.69 bits per heavy atom. The van der Waals surface area contributed by atoms with Crippen LogP contribution in [-0.2, 0) is 0 Å². The summed E-state index contributed by atoms with van der Waals surface area (Å²) >= 11 is 0. The quantitative estimate of drug-likeness (QED) is 0.663. The number of nitrogens with one attached hydrogen (secondary N) is 1. The van der Waals surface area contributed by atoms with Crippen LogP contribution in [0.5, 0.6) is 11.5 Å². The Morgan fingerprint density at radius 1 is 1.00 bits per heavy atom. The molecule has 0 aliphatic rings. The van der Waals surface area contributed by atoms with Gasteiger partial charge in [-0.15, -0.1) is 0 Å². The topological polar surface area (TPSA) is 82.5 Å². The summed E-state index contributed by atoms with van der Waals surface area (Å²) in [5, 5.41) is 7.00. The molecule has 0 fully saturated rings. The van der Waals surface area contributed by atoms with Gasteiger partial charge < -0.3 is 14.8 Å². The molecule has 0 saturated carbocycles. The highest BCUT2D eigenvalue weighted by atomic mass is 16.5. The minimum Gasteiger partial charge on any atom is -0.490 e. The summed E-state index contributed by atoms with van der Waals surface area (Å²) < 4.78 is 12.7. The molecule has 0 radical (unpaired) electrons. The minimum absolute atomic E-state index is 0.189. The van der Waals surface area contributed by atoms with E-state index in [1.54, 1.807) is 29.8 Å². The van der Waals surface area contributed by atoms with E-state index in [4.69, 9.17) is 9.47 Å². The van der Waals surface area contributed by atoms with Crippen LogP contribution >= 0.6 is 0 Å². The molecule has 2 aromatic carbocycles. The van der Waals surface area contributed by atoms with Gasteiger partial charge in [-0.2, -0.15) is 5.10 Å². The van der Waals surface area contributed by atoms with Crippen LogP contribution < -0.4 is 20.2 Å². The van der Waals surface area contributed by atoms with E-state index in [2.05, 4.69) is 10.4 Å². The number of rotatable bonds is 7. The lowest BCUT2D eigenvalue weighted by molar-refractivity contribution is 0.101. The van der Waals surface area contributed by atoms with E-state index in [1.807, 2.05) is 44.2 Å². The zero-order chi connectivity index (χ0) is 20.8. The highest BCUT2D eigenvalue weighted by Gasteiger charge is 2.16. The number of para-hydroxylation sites is 1. The van der Waals surface area contributed by atoms with E-state index in [0.717, 1.165) is 5.69 Å². The summed E-state index contributed by atoms with van der Waals surface area (Å²) in [6.07, 6.45) is 0. The normalized spacial score (nSPS) is 10.4. The predicted octanol–water partition coefficient (Wildman–Crippen LogP) is 3.59. The summed E-state index contributed by atoms with van der Waals surface area (Å²) in [4.78, 5) is 25.1. The van der Waals surface area contributed by atoms with Gasteiger partial charge >= 0.3 is 0 Å². The molecule has 29 heavy (non-hydrogen) atoms. The van der Waals surface area contributed by atoms with Crippen molar-refractivity contribution in [2.75, 3.05) is 18.5 Å². The molecule has 7 nitrogen and oxygen atoms in total. The third-order valence-electron chi connectivity index (χ3n) is 4.12. The van der Waals surface area contributed by atoms with Crippen molar-refractivity contribution in [1.82, 2.24) is 9.78 Å². The SMILES string of the molecule is CCOc1ccc(NC(=O)c2nn(-c3ccccc3)c(C)cc2=O)cc1OCC. The van der Waals surface area contributed by atoms with Gasteiger partial charge in [-0.1, -0.05) is 18.2 Å². The van der Waals surface area contributed by atoms with E-state index in [-0.39, 0.29) is 5.69 Å². The van der Waals surface area contributed by atoms with Gasteiger partial charge in [-0.25, -0.2) is 4.68 Å². The first-order valence-electron chi connectivity index (χ1n) is 9.40. The van der Waals surface area contributed by atoms with Gasteiger partial charge in [-0.3, -0.25) is 9.59 Å². The Morgan fingerprint density at radius 3 is 2.38 bits per heavy atom. The zero-order valence-corrected chi connectivity index (χ0v) is 16.6. The second-order valence-electron chi connectivity index (χ2n) is 6.23. The van der Waals surface area contributed by atoms with Gasteiger partial charge in [0.25, 0.3) is 5.91 Å². The lowest BCUT2D eigenvalue weighted by Gasteiger charge is -2.13. The molecule has 1 N–H and O–H groups in total. The number of carbonyl (C=O) groups is 1. The number of carbonyl (C=O) groups excluding carboxylic acids is 1. The first-order chi connectivity index (χ1) is 14.0. The summed E-state index contributed by atoms with van der Waals surface area (Å²) in [6, 6.07) is 15.8. The van der Waals surface area contributed by atoms with Crippen LogP contribution in [0, 0.1) is 6.92 Å². The molecule has 3 aromatic rings. The molecule has 7 heteroatoms. The van der Waals surface area contributed by atoms with Gasteiger partial charge in [0, 0.05) is 23.5 Å². The standard InChI is InChI=1S/C22H23N3O4/c1-4-28-19-12-11-16(14-20(19)29-5-2)23-22(27)21-18(26)13-15(3)25(24-21)17-9-7-6-8-10-17/h6-14H,4-5H2,1-3H3,(H,23,27). The van der Waals surface area contributed by atoms with E-state index < -0.39 is 11.3 Å². The van der Waals surface area contributed by atoms with Crippen LogP contribution in [0.25, 0.3) is 5.69 Å². The zero-order valence-electron chi connectivity index (χ0n) is 16.6. The maximum absolute atomic E-state index is 12.8. The van der Waals surface area contributed by atoms with E-state index >= 15 is 0 Å². The van der Waals surface area contributed by atoms with Crippen molar-refractivity contribution in [2.45, 2.75) is 20.8 Å². The molecule has 150 valence electrons. The molecule has 3 rings (SSSR count). The summed E-state index contributed by atoms with van der Waals surface area (Å²) in [7, 11) is 0. The number of hydrogen-bond donors (Lipinski definition) is 1. The number of aromatic nitrogens is 2. The Labute approximate surface area is 168 Å². The Hall–Kier alpha value is -3.61. The van der Waals surface area contributed by atoms with Crippen LogP contribution in [0.1, 0.15) is 30.0 Å². The van der Waals surface area contributed by atoms with Crippen molar-refractivity contribution in [3.63, 3.8) is 0 Å². The minimum atomic E-state index is -0.591. The van der Waals surface area contributed by atoms with Gasteiger partial charge in [0.15, 0.2) is 17.2 Å². The predicted molar refractivity (Wildman–Crippen MR) is 111 cm³/mol. The van der Waals surface area contributed by atoms with E-state index in [9.17, 15) is 9.59 Å². The molecule has 1 aromatic heterocycles. The largest absolute Gasteiger partial charge is 0.490 e. The first kappa shape index (κ1) is 20.1. The molecule has 0 aliphatic carbocycles. The number of benzene rings is 2. The van der Waals surface area contributed by atoms with Crippen molar-refractivity contribution in [1.29, 1.82) is 0 Å². The Balaban J connectivity index is 1.91. The van der Waals surface area contributed by atoms with Crippen molar-refractivity contribution in [2.24, 2.45) is 0 Å². The average Bonchev–Trinajstić information content (AvgIpc) is 2.71. The van der Waals surface area contributed by atoms with Crippen LogP contribution in [0.15, 0.2) is 59.4 Å². The Bertz CT molecular complexity index is 1060. The summed E-state index contributed by atoms with van der Waals surface area (Å²) in [6.45, 7) is 6.47. The third-order valence-corrected chi connectivity index (χ3v) is 4.12. The van der Waals surface area contributed by atoms with Crippen LogP contribution in [-0.4, -0.2) is 28.9 Å². The first-order valence-corrected chi connectivity index (χ1v) is 9.40. The van der Waals surface area contributed by atoms with Crippen molar-refractivity contribution < 1.29 is 14.3 Å². The number of anilines is 1. The van der Waals surface area contributed by atoms with E-state index in [1.165, 1.54) is 6.07 Å². The van der Waals surface area contributed by atoms with Gasteiger partial charge in [0.2, 0.25) is 5.43 Å². The molecule has 0 atom stereocenters. The van der Waals surface area contributed by atoms with Crippen LogP contribution in [0.3, 0.4) is 0 Å². The van der Waals surface area contributed by atoms with Crippen LogP contribution in [0.4, 0.5) is 5.69 Å². The summed E-state index contributed by atoms with van der Waals surface area (Å²) in [5.74, 6) is 0.518. The average molecular weight is 393 g/mol. The molecular formula is C22H23N3O4. The fourth-order valence-corrected chi connectivity index (χ4v) is 2.85. The third kappa shape index (κ3) is 4.63. The highest BCUT2D eigenvalue weighted by Crippen LogP contribution is 2.30. The summed E-state index contributed by atoms with van der Waals surface area (Å²) in [5.41, 5.74) is 1.25. The van der Waals surface area contributed by atoms with Gasteiger partial charge in [0.1, 0.15) is 0 Å². The maximum atomic E-state index is 12.8. The smallest absolute Gasteiger partial charge is 0.280 e. The maximum Gasteiger partial charge on any atom is 0.280 e. The number of ether oxygens (including phenoxy) is 2. The number of aryl methyl sites for hydroxylation is 1. The number of nitrogens with zero attached hydrogens (tertiary/aromatic N) is 2. The fourth-order valence-electron chi connectivity index (χ4n) is 2.85. The highest BCUT2D eigenvalue weighted by molar-refractivity contribution is 6.02. The second-order valence-corrected chi connectivity index (χ2v) is 6.23. The number of amides is 1. The van der Waals surface area contributed by atoms with Crippen molar-refractivity contribution in [3.8, 4) is 17.2 Å². The molecule has 1 amide bonds. The molecule has 0 unspecified atom stereocenters. The Kier molecular flexibility index (Phi) is 6.29. The van der Waals surface area contributed by atoms with Gasteiger partial charge in [-0.05, 0) is 45.0 Å². The molecular weight excluding hydrogens is 370 g/mol. The van der Waals surface area contributed by atoms with E-state index in [0.29, 0.717) is 36.1 Å². The van der Waals surface area contributed by atoms with Crippen LogP contribution in [0.2, 0.25) is 0 Å². The van der Waals surface area contributed by atoms with Crippen molar-refractivity contribution in [3.05, 3.63) is 76.2 Å². The molecule has 0 aliphatic heterocycles. The second kappa shape index (κ2) is 9.05. The lowest BCUT2D eigenvalue weighted by Crippen LogP contribution is -2.26. The monoisotopic (exact) mass is 393 g/mol. The number of hydrogen-bond acceptors (Lipinski definition) is 5. The molecule has 0 bridgehead atoms. The van der Waals surface area contributed by atoms with Gasteiger partial charge in [0.05, 0.1) is 18.9 Å². The van der Waals surface area contributed by atoms with Crippen molar-refractivity contribution >= 4 is 11.6 Å².